The summed E-state index contributed by atoms with van der Waals surface area (Å²) < 4.78 is 12.0. The number of amides is 4. The number of hydrogen-bond acceptors (Lipinski definition) is 5. The average Bonchev–Trinajstić information content (AvgIpc) is 3.04. The van der Waals surface area contributed by atoms with Gasteiger partial charge in [0.2, 0.25) is 0 Å². The highest BCUT2D eigenvalue weighted by Gasteiger charge is 2.37. The summed E-state index contributed by atoms with van der Waals surface area (Å²) in [4.78, 5) is 40.6. The van der Waals surface area contributed by atoms with Crippen LogP contribution in [0.2, 0.25) is 15.1 Å². The van der Waals surface area contributed by atoms with Gasteiger partial charge in [0.15, 0.2) is 0 Å². The molecule has 10 heteroatoms. The fourth-order valence-electron chi connectivity index (χ4n) is 4.85. The van der Waals surface area contributed by atoms with Crippen molar-refractivity contribution >= 4 is 75.2 Å². The van der Waals surface area contributed by atoms with Crippen LogP contribution in [0.3, 0.4) is 0 Å². The van der Waals surface area contributed by atoms with Gasteiger partial charge >= 0.3 is 6.03 Å². The van der Waals surface area contributed by atoms with E-state index in [-0.39, 0.29) is 24.5 Å². The monoisotopic (exact) mass is 656 g/mol. The number of imide groups is 2. The number of halogens is 3. The Morgan fingerprint density at radius 3 is 2.24 bits per heavy atom. The van der Waals surface area contributed by atoms with Crippen LogP contribution < -0.4 is 19.7 Å². The number of ether oxygens (including phenoxy) is 2. The molecule has 7 nitrogen and oxygen atoms in total. The van der Waals surface area contributed by atoms with Crippen molar-refractivity contribution < 1.29 is 23.9 Å². The number of urea groups is 1. The van der Waals surface area contributed by atoms with Crippen LogP contribution in [-0.4, -0.2) is 17.8 Å². The molecule has 0 saturated carbocycles. The van der Waals surface area contributed by atoms with Gasteiger partial charge in [0.05, 0.1) is 15.7 Å². The van der Waals surface area contributed by atoms with Crippen molar-refractivity contribution in [1.82, 2.24) is 5.32 Å². The first-order chi connectivity index (χ1) is 21.8. The van der Waals surface area contributed by atoms with Crippen LogP contribution in [0.5, 0.6) is 11.5 Å². The lowest BCUT2D eigenvalue weighted by Crippen LogP contribution is -2.54. The predicted octanol–water partition coefficient (Wildman–Crippen LogP) is 8.62. The van der Waals surface area contributed by atoms with Crippen molar-refractivity contribution in [2.75, 3.05) is 4.90 Å². The zero-order chi connectivity index (χ0) is 31.5. The highest BCUT2D eigenvalue weighted by Crippen LogP contribution is 2.33. The highest BCUT2D eigenvalue weighted by atomic mass is 35.5. The van der Waals surface area contributed by atoms with Gasteiger partial charge in [-0.3, -0.25) is 14.9 Å². The Balaban J connectivity index is 1.29. The van der Waals surface area contributed by atoms with E-state index in [2.05, 4.69) is 5.32 Å². The topological polar surface area (TPSA) is 84.9 Å². The van der Waals surface area contributed by atoms with Crippen molar-refractivity contribution in [1.29, 1.82) is 0 Å². The molecule has 224 valence electrons. The zero-order valence-electron chi connectivity index (χ0n) is 23.4. The molecule has 6 rings (SSSR count). The van der Waals surface area contributed by atoms with Crippen LogP contribution in [-0.2, 0) is 22.8 Å². The first-order valence-electron chi connectivity index (χ1n) is 13.7. The standard InChI is InChI=1S/C35H23Cl3N2O5/c36-29-8-4-2-6-23(29)20-44-25-13-11-24(12-14-25)40-34(42)28(33(41)39-35(40)43)18-27-26-7-3-1-5-22(26)10-16-32(27)45-19-21-9-15-30(37)31(38)17-21/h1-18H,19-20H2,(H,39,41,43)/b28-18+. The minimum absolute atomic E-state index is 0.154. The van der Waals surface area contributed by atoms with Gasteiger partial charge in [-0.25, -0.2) is 9.69 Å². The van der Waals surface area contributed by atoms with Crippen molar-refractivity contribution in [2.24, 2.45) is 0 Å². The molecule has 0 bridgehead atoms. The summed E-state index contributed by atoms with van der Waals surface area (Å²) in [6, 6.07) is 29.2. The molecule has 0 aliphatic carbocycles. The van der Waals surface area contributed by atoms with Crippen LogP contribution in [0.15, 0.2) is 109 Å². The second-order valence-corrected chi connectivity index (χ2v) is 11.3. The zero-order valence-corrected chi connectivity index (χ0v) is 25.7. The first kappa shape index (κ1) is 30.2. The first-order valence-corrected chi connectivity index (χ1v) is 14.9. The van der Waals surface area contributed by atoms with Gasteiger partial charge in [-0.1, -0.05) is 89.4 Å². The Bertz CT molecular complexity index is 1990. The van der Waals surface area contributed by atoms with E-state index < -0.39 is 17.8 Å². The number of fused-ring (bicyclic) bond motifs is 1. The Hall–Kier alpha value is -4.82. The van der Waals surface area contributed by atoms with E-state index in [9.17, 15) is 14.4 Å². The lowest BCUT2D eigenvalue weighted by atomic mass is 9.99. The molecule has 5 aromatic carbocycles. The quantitative estimate of drug-likeness (QED) is 0.133. The largest absolute Gasteiger partial charge is 0.489 e. The predicted molar refractivity (Wildman–Crippen MR) is 176 cm³/mol. The minimum atomic E-state index is -0.860. The number of carbonyl (C=O) groups is 3. The van der Waals surface area contributed by atoms with Crippen LogP contribution in [0, 0.1) is 0 Å². The van der Waals surface area contributed by atoms with E-state index in [1.165, 1.54) is 6.08 Å². The molecule has 45 heavy (non-hydrogen) atoms. The number of nitrogens with one attached hydrogen (secondary N) is 1. The van der Waals surface area contributed by atoms with Crippen molar-refractivity contribution in [3.8, 4) is 11.5 Å². The number of nitrogens with zero attached hydrogens (tertiary/aromatic N) is 1. The molecule has 0 spiro atoms. The molecule has 0 atom stereocenters. The molecule has 0 unspecified atom stereocenters. The van der Waals surface area contributed by atoms with Gasteiger partial charge < -0.3 is 9.47 Å². The molecule has 4 amide bonds. The Labute approximate surface area is 273 Å². The molecule has 5 aromatic rings. The lowest BCUT2D eigenvalue weighted by molar-refractivity contribution is -0.122. The number of rotatable bonds is 8. The Kier molecular flexibility index (Phi) is 8.76. The van der Waals surface area contributed by atoms with Crippen molar-refractivity contribution in [2.45, 2.75) is 13.2 Å². The van der Waals surface area contributed by atoms with Gasteiger partial charge in [-0.15, -0.1) is 0 Å². The van der Waals surface area contributed by atoms with E-state index >= 15 is 0 Å². The summed E-state index contributed by atoms with van der Waals surface area (Å²) >= 11 is 18.4. The average molecular weight is 658 g/mol. The van der Waals surface area contributed by atoms with E-state index in [1.54, 1.807) is 54.6 Å². The molecular weight excluding hydrogens is 635 g/mol. The van der Waals surface area contributed by atoms with Crippen LogP contribution >= 0.6 is 34.8 Å². The van der Waals surface area contributed by atoms with Gasteiger partial charge in [0.25, 0.3) is 11.8 Å². The number of anilines is 1. The maximum Gasteiger partial charge on any atom is 0.335 e. The van der Waals surface area contributed by atoms with Gasteiger partial charge in [-0.05, 0) is 70.9 Å². The third-order valence-corrected chi connectivity index (χ3v) is 8.25. The Morgan fingerprint density at radius 1 is 0.711 bits per heavy atom. The summed E-state index contributed by atoms with van der Waals surface area (Å²) in [6.07, 6.45) is 1.45. The van der Waals surface area contributed by atoms with Crippen LogP contribution in [0.4, 0.5) is 10.5 Å². The number of hydrogen-bond donors (Lipinski definition) is 1. The van der Waals surface area contributed by atoms with Crippen molar-refractivity contribution in [3.05, 3.63) is 140 Å². The molecule has 1 heterocycles. The van der Waals surface area contributed by atoms with Crippen LogP contribution in [0.1, 0.15) is 16.7 Å². The maximum absolute atomic E-state index is 13.7. The number of barbiturate groups is 1. The molecule has 1 aliphatic rings. The molecular formula is C35H23Cl3N2O5. The molecule has 1 N–H and O–H groups in total. The second kappa shape index (κ2) is 13.0. The fourth-order valence-corrected chi connectivity index (χ4v) is 5.36. The molecule has 1 fully saturated rings. The summed E-state index contributed by atoms with van der Waals surface area (Å²) in [7, 11) is 0. The van der Waals surface area contributed by atoms with Gasteiger partial charge in [0.1, 0.15) is 30.3 Å². The highest BCUT2D eigenvalue weighted by molar-refractivity contribution is 6.42. The van der Waals surface area contributed by atoms with E-state index in [4.69, 9.17) is 44.3 Å². The van der Waals surface area contributed by atoms with Gasteiger partial charge in [0, 0.05) is 16.1 Å². The normalized spacial score (nSPS) is 14.2. The molecule has 0 radical (unpaired) electrons. The summed E-state index contributed by atoms with van der Waals surface area (Å²) in [5, 5.41) is 5.31. The summed E-state index contributed by atoms with van der Waals surface area (Å²) in [6.45, 7) is 0.394. The number of carbonyl (C=O) groups excluding carboxylic acids is 3. The maximum atomic E-state index is 13.7. The van der Waals surface area contributed by atoms with E-state index in [0.29, 0.717) is 32.1 Å². The molecule has 1 saturated heterocycles. The molecule has 1 aliphatic heterocycles. The SMILES string of the molecule is O=C1NC(=O)N(c2ccc(OCc3ccccc3Cl)cc2)C(=O)/C1=C/c1c(OCc2ccc(Cl)c(Cl)c2)ccc2ccccc12. The fraction of sp³-hybridized carbons (Fsp3) is 0.0571. The summed E-state index contributed by atoms with van der Waals surface area (Å²) in [5.41, 5.74) is 2.12. The second-order valence-electron chi connectivity index (χ2n) is 10.1. The van der Waals surface area contributed by atoms with E-state index in [0.717, 1.165) is 26.8 Å². The Morgan fingerprint density at radius 2 is 1.47 bits per heavy atom. The third kappa shape index (κ3) is 6.51. The lowest BCUT2D eigenvalue weighted by Gasteiger charge is -2.26. The van der Waals surface area contributed by atoms with E-state index in [1.807, 2.05) is 48.5 Å². The minimum Gasteiger partial charge on any atom is -0.489 e. The number of benzene rings is 5. The molecule has 0 aromatic heterocycles. The third-order valence-electron chi connectivity index (χ3n) is 7.15. The van der Waals surface area contributed by atoms with Crippen molar-refractivity contribution in [3.63, 3.8) is 0 Å². The van der Waals surface area contributed by atoms with Gasteiger partial charge in [-0.2, -0.15) is 0 Å². The van der Waals surface area contributed by atoms with Crippen LogP contribution in [0.25, 0.3) is 16.8 Å². The smallest absolute Gasteiger partial charge is 0.335 e. The summed E-state index contributed by atoms with van der Waals surface area (Å²) in [5.74, 6) is -0.660.